The number of aliphatic hydroxyl groups excluding tert-OH is 1. The third-order valence-electron chi connectivity index (χ3n) is 3.84. The van der Waals surface area contributed by atoms with Crippen molar-refractivity contribution in [3.63, 3.8) is 0 Å². The molecule has 162 valence electrons. The Hall–Kier alpha value is -1.10. The number of nitrogens with one attached hydrogen (secondary N) is 2. The Bertz CT molecular complexity index is 558. The van der Waals surface area contributed by atoms with Crippen LogP contribution in [0.2, 0.25) is 0 Å². The van der Waals surface area contributed by atoms with Crippen molar-refractivity contribution >= 4 is 29.9 Å². The lowest BCUT2D eigenvalue weighted by Gasteiger charge is -2.18. The largest absolute Gasteiger partial charge is 0.491 e. The van der Waals surface area contributed by atoms with Crippen LogP contribution < -0.4 is 15.4 Å². The minimum atomic E-state index is -0.680. The van der Waals surface area contributed by atoms with E-state index in [2.05, 4.69) is 27.6 Å². The van der Waals surface area contributed by atoms with E-state index in [4.69, 9.17) is 9.47 Å². The van der Waals surface area contributed by atoms with Gasteiger partial charge in [0, 0.05) is 33.3 Å². The molecule has 0 saturated carbocycles. The first-order valence-electron chi connectivity index (χ1n) is 9.60. The number of methoxy groups -OCH3 is 1. The third kappa shape index (κ3) is 11.7. The van der Waals surface area contributed by atoms with Crippen LogP contribution in [0.4, 0.5) is 0 Å². The van der Waals surface area contributed by atoms with Crippen LogP contribution in [0, 0.1) is 0 Å². The van der Waals surface area contributed by atoms with Crippen LogP contribution in [-0.4, -0.2) is 75.6 Å². The second-order valence-corrected chi connectivity index (χ2v) is 6.70. The molecule has 0 aliphatic carbocycles. The van der Waals surface area contributed by atoms with Gasteiger partial charge in [0.25, 0.3) is 0 Å². The number of halogens is 1. The molecule has 3 N–H and O–H groups in total. The molecule has 1 aromatic rings. The summed E-state index contributed by atoms with van der Waals surface area (Å²) in [5, 5.41) is 17.0. The van der Waals surface area contributed by atoms with Gasteiger partial charge in [0.05, 0.1) is 25.4 Å². The maximum atomic E-state index is 10.5. The Balaban J connectivity index is 0.00000729. The molecule has 7 nitrogen and oxygen atoms in total. The fourth-order valence-electron chi connectivity index (χ4n) is 2.42. The molecule has 1 atom stereocenters. The highest BCUT2D eigenvalue weighted by atomic mass is 127. The van der Waals surface area contributed by atoms with Gasteiger partial charge in [-0.15, -0.1) is 24.0 Å². The quantitative estimate of drug-likeness (QED) is 0.229. The summed E-state index contributed by atoms with van der Waals surface area (Å²) >= 11 is 0. The van der Waals surface area contributed by atoms with Crippen molar-refractivity contribution in [2.75, 3.05) is 53.5 Å². The van der Waals surface area contributed by atoms with Crippen LogP contribution in [0.3, 0.4) is 0 Å². The Labute approximate surface area is 186 Å². The van der Waals surface area contributed by atoms with Gasteiger partial charge in [-0.25, -0.2) is 0 Å². The minimum Gasteiger partial charge on any atom is -0.491 e. The molecule has 8 heteroatoms. The lowest BCUT2D eigenvalue weighted by Crippen LogP contribution is -2.41. The summed E-state index contributed by atoms with van der Waals surface area (Å²) < 4.78 is 10.8. The van der Waals surface area contributed by atoms with Crippen molar-refractivity contribution in [2.45, 2.75) is 33.0 Å². The Morgan fingerprint density at radius 3 is 2.64 bits per heavy atom. The van der Waals surface area contributed by atoms with Gasteiger partial charge < -0.3 is 30.1 Å². The Kier molecular flexibility index (Phi) is 15.2. The highest BCUT2D eigenvalue weighted by Gasteiger charge is 2.09. The maximum Gasteiger partial charge on any atom is 0.191 e. The molecule has 0 heterocycles. The van der Waals surface area contributed by atoms with Crippen LogP contribution in [0.1, 0.15) is 32.4 Å². The first-order valence-corrected chi connectivity index (χ1v) is 9.60. The average Bonchev–Trinajstić information content (AvgIpc) is 2.63. The summed E-state index contributed by atoms with van der Waals surface area (Å²) in [5.41, 5.74) is 0.798. The molecule has 0 radical (unpaired) electrons. The molecular weight excluding hydrogens is 471 g/mol. The van der Waals surface area contributed by atoms with E-state index in [0.717, 1.165) is 44.1 Å². The zero-order valence-electron chi connectivity index (χ0n) is 17.8. The normalized spacial score (nSPS) is 12.6. The predicted molar refractivity (Wildman–Crippen MR) is 126 cm³/mol. The van der Waals surface area contributed by atoms with Gasteiger partial charge in [0.2, 0.25) is 0 Å². The molecule has 0 saturated heterocycles. The zero-order chi connectivity index (χ0) is 20.1. The maximum absolute atomic E-state index is 10.5. The summed E-state index contributed by atoms with van der Waals surface area (Å²) in [6.45, 7) is 10.3. The van der Waals surface area contributed by atoms with E-state index in [1.54, 1.807) is 7.11 Å². The average molecular weight is 508 g/mol. The lowest BCUT2D eigenvalue weighted by molar-refractivity contribution is 0.162. The van der Waals surface area contributed by atoms with Crippen molar-refractivity contribution in [3.05, 3.63) is 29.8 Å². The number of hydrogen-bond acceptors (Lipinski definition) is 5. The monoisotopic (exact) mass is 508 g/mol. The van der Waals surface area contributed by atoms with Gasteiger partial charge >= 0.3 is 0 Å². The second-order valence-electron chi connectivity index (χ2n) is 6.70. The molecule has 1 unspecified atom stereocenters. The Morgan fingerprint density at radius 1 is 1.25 bits per heavy atom. The van der Waals surface area contributed by atoms with Crippen molar-refractivity contribution in [3.8, 4) is 5.75 Å². The highest BCUT2D eigenvalue weighted by Crippen LogP contribution is 2.20. The number of benzene rings is 1. The lowest BCUT2D eigenvalue weighted by atomic mass is 10.1. The summed E-state index contributed by atoms with van der Waals surface area (Å²) in [7, 11) is 3.76. The number of aliphatic hydroxyl groups is 1. The highest BCUT2D eigenvalue weighted by molar-refractivity contribution is 14.0. The van der Waals surface area contributed by atoms with Gasteiger partial charge in [0.15, 0.2) is 5.96 Å². The first kappa shape index (κ1) is 26.9. The van der Waals surface area contributed by atoms with Crippen LogP contribution in [0.5, 0.6) is 5.75 Å². The summed E-state index contributed by atoms with van der Waals surface area (Å²) in [5.74, 6) is 1.46. The van der Waals surface area contributed by atoms with E-state index in [-0.39, 0.29) is 36.6 Å². The number of rotatable bonds is 12. The van der Waals surface area contributed by atoms with Gasteiger partial charge in [-0.2, -0.15) is 0 Å². The molecule has 1 aromatic carbocycles. The van der Waals surface area contributed by atoms with E-state index in [9.17, 15) is 5.11 Å². The fourth-order valence-corrected chi connectivity index (χ4v) is 2.42. The van der Waals surface area contributed by atoms with Crippen LogP contribution in [-0.2, 0) is 4.74 Å². The smallest absolute Gasteiger partial charge is 0.191 e. The Morgan fingerprint density at radius 2 is 2.00 bits per heavy atom. The summed E-state index contributed by atoms with van der Waals surface area (Å²) in [4.78, 5) is 6.69. The van der Waals surface area contributed by atoms with Crippen molar-refractivity contribution in [1.82, 2.24) is 15.5 Å². The van der Waals surface area contributed by atoms with Gasteiger partial charge in [-0.3, -0.25) is 4.99 Å². The van der Waals surface area contributed by atoms with Crippen molar-refractivity contribution in [1.29, 1.82) is 0 Å². The van der Waals surface area contributed by atoms with E-state index in [1.165, 1.54) is 0 Å². The van der Waals surface area contributed by atoms with Gasteiger partial charge in [-0.1, -0.05) is 12.1 Å². The number of ether oxygens (including phenoxy) is 2. The van der Waals surface area contributed by atoms with Gasteiger partial charge in [0.1, 0.15) is 5.75 Å². The number of guanidine groups is 1. The van der Waals surface area contributed by atoms with Crippen LogP contribution in [0.25, 0.3) is 0 Å². The number of likely N-dealkylation sites (N-methyl/N-ethyl adjacent to an activating group) is 1. The summed E-state index contributed by atoms with van der Waals surface area (Å²) in [6, 6.07) is 7.54. The van der Waals surface area contributed by atoms with E-state index >= 15 is 0 Å². The van der Waals surface area contributed by atoms with E-state index in [0.29, 0.717) is 5.96 Å². The fraction of sp³-hybridized carbons (Fsp3) is 0.650. The number of nitrogens with zero attached hydrogens (tertiary/aromatic N) is 2. The molecule has 0 amide bonds. The number of hydrogen-bond donors (Lipinski definition) is 3. The molecule has 1 rings (SSSR count). The molecule has 0 aromatic heterocycles. The zero-order valence-corrected chi connectivity index (χ0v) is 20.1. The summed E-state index contributed by atoms with van der Waals surface area (Å²) in [6.07, 6.45) is -0.581. The molecule has 0 aliphatic rings. The van der Waals surface area contributed by atoms with E-state index < -0.39 is 6.10 Å². The van der Waals surface area contributed by atoms with Crippen molar-refractivity contribution < 1.29 is 14.6 Å². The second kappa shape index (κ2) is 15.8. The standard InChI is InChI=1S/C20H36N4O3.HI/c1-6-21-20(22-10-11-24(4)12-13-26-5)23-15-19(25)17-8-7-9-18(14-17)27-16(2)3;/h7-9,14,16,19,25H,6,10-13,15H2,1-5H3,(H2,21,22,23);1H. The molecular formula is C20H37IN4O3. The van der Waals surface area contributed by atoms with Crippen molar-refractivity contribution in [2.24, 2.45) is 4.99 Å². The predicted octanol–water partition coefficient (Wildman–Crippen LogP) is 2.26. The minimum absolute atomic E-state index is 0. The first-order chi connectivity index (χ1) is 13.0. The van der Waals surface area contributed by atoms with Crippen LogP contribution in [0.15, 0.2) is 29.3 Å². The molecule has 0 fully saturated rings. The topological polar surface area (TPSA) is 78.4 Å². The van der Waals surface area contributed by atoms with Gasteiger partial charge in [-0.05, 0) is 45.5 Å². The SMILES string of the molecule is CCNC(=NCC(O)c1cccc(OC(C)C)c1)NCCN(C)CCOC.I. The van der Waals surface area contributed by atoms with Crippen LogP contribution >= 0.6 is 24.0 Å². The molecule has 0 aliphatic heterocycles. The van der Waals surface area contributed by atoms with E-state index in [1.807, 2.05) is 45.0 Å². The molecule has 0 bridgehead atoms. The molecule has 0 spiro atoms. The number of aliphatic imine (C=N–C) groups is 1. The third-order valence-corrected chi connectivity index (χ3v) is 3.84. The molecule has 28 heavy (non-hydrogen) atoms.